The number of anilines is 1. The van der Waals surface area contributed by atoms with Gasteiger partial charge in [-0.1, -0.05) is 36.8 Å². The van der Waals surface area contributed by atoms with E-state index >= 15 is 0 Å². The van der Waals surface area contributed by atoms with Crippen molar-refractivity contribution in [3.63, 3.8) is 0 Å². The molecule has 34 heavy (non-hydrogen) atoms. The molecule has 0 radical (unpaired) electrons. The fourth-order valence-electron chi connectivity index (χ4n) is 3.65. The van der Waals surface area contributed by atoms with Crippen LogP contribution in [0.3, 0.4) is 0 Å². The molecule has 1 aromatic heterocycles. The van der Waals surface area contributed by atoms with Gasteiger partial charge in [-0.15, -0.1) is 0 Å². The Kier molecular flexibility index (Phi) is 6.82. The lowest BCUT2D eigenvalue weighted by atomic mass is 10.1. The molecule has 0 aliphatic rings. The molecule has 4 rings (SSSR count). The Morgan fingerprint density at radius 1 is 0.971 bits per heavy atom. The predicted octanol–water partition coefficient (Wildman–Crippen LogP) is 5.06. The van der Waals surface area contributed by atoms with Crippen molar-refractivity contribution in [1.29, 1.82) is 0 Å². The van der Waals surface area contributed by atoms with Gasteiger partial charge in [-0.25, -0.2) is 9.07 Å². The zero-order chi connectivity index (χ0) is 24.1. The molecule has 0 aliphatic carbocycles. The van der Waals surface area contributed by atoms with Gasteiger partial charge in [0, 0.05) is 17.8 Å². The average molecular weight is 457 g/mol. The highest BCUT2D eigenvalue weighted by Gasteiger charge is 2.17. The molecule has 7 heteroatoms. The predicted molar refractivity (Wildman–Crippen MR) is 130 cm³/mol. The van der Waals surface area contributed by atoms with E-state index in [9.17, 15) is 14.0 Å². The topological polar surface area (TPSA) is 76.0 Å². The Morgan fingerprint density at radius 2 is 1.71 bits per heavy atom. The van der Waals surface area contributed by atoms with E-state index in [-0.39, 0.29) is 24.2 Å². The third kappa shape index (κ3) is 5.20. The summed E-state index contributed by atoms with van der Waals surface area (Å²) in [4.78, 5) is 25.4. The van der Waals surface area contributed by atoms with E-state index in [1.807, 2.05) is 44.2 Å². The number of amides is 2. The van der Waals surface area contributed by atoms with Gasteiger partial charge in [0.2, 0.25) is 0 Å². The molecular formula is C27H25FN4O2. The molecule has 0 saturated carbocycles. The van der Waals surface area contributed by atoms with Crippen LogP contribution in [0.1, 0.15) is 44.5 Å². The van der Waals surface area contributed by atoms with E-state index < -0.39 is 0 Å². The molecule has 0 unspecified atom stereocenters. The standard InChI is InChI=1S/C27H25FN4O2/c1-3-25-24(17-30-32(25)23-13-11-21(28)12-14-23)27(34)29-16-19-5-4-6-22(15-19)31-26(33)20-9-7-18(2)8-10-20/h4-15,17H,3,16H2,1-2H3,(H,29,34)(H,31,33). The number of carbonyl (C=O) groups is 2. The number of hydrogen-bond donors (Lipinski definition) is 2. The van der Waals surface area contributed by atoms with Crippen molar-refractivity contribution >= 4 is 17.5 Å². The molecule has 3 aromatic carbocycles. The Bertz CT molecular complexity index is 1310. The van der Waals surface area contributed by atoms with Crippen LogP contribution in [0.2, 0.25) is 0 Å². The molecule has 0 spiro atoms. The summed E-state index contributed by atoms with van der Waals surface area (Å²) in [5.41, 5.74) is 5.06. The van der Waals surface area contributed by atoms with Gasteiger partial charge in [-0.3, -0.25) is 9.59 Å². The molecule has 0 aliphatic heterocycles. The molecule has 6 nitrogen and oxygen atoms in total. The van der Waals surface area contributed by atoms with Crippen LogP contribution >= 0.6 is 0 Å². The molecule has 0 atom stereocenters. The number of nitrogens with zero attached hydrogens (tertiary/aromatic N) is 2. The highest BCUT2D eigenvalue weighted by atomic mass is 19.1. The Balaban J connectivity index is 1.43. The summed E-state index contributed by atoms with van der Waals surface area (Å²) in [5, 5.41) is 10.1. The van der Waals surface area contributed by atoms with E-state index in [4.69, 9.17) is 0 Å². The fraction of sp³-hybridized carbons (Fsp3) is 0.148. The maximum absolute atomic E-state index is 13.3. The van der Waals surface area contributed by atoms with Crippen LogP contribution in [-0.4, -0.2) is 21.6 Å². The summed E-state index contributed by atoms with van der Waals surface area (Å²) in [7, 11) is 0. The molecule has 0 fully saturated rings. The van der Waals surface area contributed by atoms with E-state index in [2.05, 4.69) is 15.7 Å². The molecular weight excluding hydrogens is 431 g/mol. The first-order valence-electron chi connectivity index (χ1n) is 11.0. The Morgan fingerprint density at radius 3 is 2.41 bits per heavy atom. The van der Waals surface area contributed by atoms with Gasteiger partial charge in [0.05, 0.1) is 23.1 Å². The van der Waals surface area contributed by atoms with Crippen LogP contribution in [0.5, 0.6) is 0 Å². The number of halogens is 1. The SMILES string of the molecule is CCc1c(C(=O)NCc2cccc(NC(=O)c3ccc(C)cc3)c2)cnn1-c1ccc(F)cc1. The molecule has 0 saturated heterocycles. The van der Waals surface area contributed by atoms with E-state index in [0.29, 0.717) is 28.9 Å². The second-order valence-corrected chi connectivity index (χ2v) is 7.95. The Hall–Kier alpha value is -4.26. The maximum Gasteiger partial charge on any atom is 0.255 e. The van der Waals surface area contributed by atoms with Crippen molar-refractivity contribution in [1.82, 2.24) is 15.1 Å². The minimum atomic E-state index is -0.329. The third-order valence-corrected chi connectivity index (χ3v) is 5.47. The summed E-state index contributed by atoms with van der Waals surface area (Å²) in [5.74, 6) is -0.773. The number of aryl methyl sites for hydroxylation is 1. The fourth-order valence-corrected chi connectivity index (χ4v) is 3.65. The van der Waals surface area contributed by atoms with Gasteiger partial charge in [0.1, 0.15) is 5.82 Å². The molecule has 1 heterocycles. The molecule has 4 aromatic rings. The van der Waals surface area contributed by atoms with Crippen LogP contribution in [-0.2, 0) is 13.0 Å². The number of benzene rings is 3. The van der Waals surface area contributed by atoms with E-state index in [1.54, 1.807) is 35.0 Å². The molecule has 0 bridgehead atoms. The molecule has 2 amide bonds. The zero-order valence-corrected chi connectivity index (χ0v) is 19.0. The van der Waals surface area contributed by atoms with Gasteiger partial charge in [-0.2, -0.15) is 5.10 Å². The lowest BCUT2D eigenvalue weighted by Crippen LogP contribution is -2.24. The first-order chi connectivity index (χ1) is 16.4. The van der Waals surface area contributed by atoms with Crippen LogP contribution in [0.4, 0.5) is 10.1 Å². The summed E-state index contributed by atoms with van der Waals surface area (Å²) in [6.07, 6.45) is 2.11. The summed E-state index contributed by atoms with van der Waals surface area (Å²) >= 11 is 0. The number of carbonyl (C=O) groups excluding carboxylic acids is 2. The number of hydrogen-bond acceptors (Lipinski definition) is 3. The minimum Gasteiger partial charge on any atom is -0.348 e. The van der Waals surface area contributed by atoms with Crippen molar-refractivity contribution in [2.75, 3.05) is 5.32 Å². The second-order valence-electron chi connectivity index (χ2n) is 7.95. The van der Waals surface area contributed by atoms with Gasteiger partial charge < -0.3 is 10.6 Å². The van der Waals surface area contributed by atoms with Crippen LogP contribution in [0, 0.1) is 12.7 Å². The number of rotatable bonds is 7. The highest BCUT2D eigenvalue weighted by molar-refractivity contribution is 6.04. The Labute approximate surface area is 197 Å². The van der Waals surface area contributed by atoms with Crippen LogP contribution < -0.4 is 10.6 Å². The summed E-state index contributed by atoms with van der Waals surface area (Å²) < 4.78 is 14.9. The summed E-state index contributed by atoms with van der Waals surface area (Å²) in [6.45, 7) is 4.20. The van der Waals surface area contributed by atoms with Gasteiger partial charge in [-0.05, 0) is 67.4 Å². The maximum atomic E-state index is 13.3. The largest absolute Gasteiger partial charge is 0.348 e. The monoisotopic (exact) mass is 456 g/mol. The van der Waals surface area contributed by atoms with E-state index in [0.717, 1.165) is 16.8 Å². The van der Waals surface area contributed by atoms with Crippen LogP contribution in [0.25, 0.3) is 5.69 Å². The smallest absolute Gasteiger partial charge is 0.255 e. The van der Waals surface area contributed by atoms with Crippen LogP contribution in [0.15, 0.2) is 79.0 Å². The molecule has 2 N–H and O–H groups in total. The average Bonchev–Trinajstić information content (AvgIpc) is 3.28. The van der Waals surface area contributed by atoms with Gasteiger partial charge in [0.25, 0.3) is 11.8 Å². The number of nitrogens with one attached hydrogen (secondary N) is 2. The highest BCUT2D eigenvalue weighted by Crippen LogP contribution is 2.17. The lowest BCUT2D eigenvalue weighted by Gasteiger charge is -2.10. The summed E-state index contributed by atoms with van der Waals surface area (Å²) in [6, 6.07) is 20.7. The van der Waals surface area contributed by atoms with Crippen molar-refractivity contribution in [2.24, 2.45) is 0 Å². The molecule has 172 valence electrons. The zero-order valence-electron chi connectivity index (χ0n) is 19.0. The minimum absolute atomic E-state index is 0.193. The quantitative estimate of drug-likeness (QED) is 0.408. The number of aromatic nitrogens is 2. The van der Waals surface area contributed by atoms with Gasteiger partial charge >= 0.3 is 0 Å². The van der Waals surface area contributed by atoms with E-state index in [1.165, 1.54) is 18.3 Å². The second kappa shape index (κ2) is 10.1. The third-order valence-electron chi connectivity index (χ3n) is 5.47. The van der Waals surface area contributed by atoms with Crippen molar-refractivity contribution in [3.05, 3.63) is 113 Å². The van der Waals surface area contributed by atoms with Crippen molar-refractivity contribution in [3.8, 4) is 5.69 Å². The van der Waals surface area contributed by atoms with Crippen molar-refractivity contribution < 1.29 is 14.0 Å². The first-order valence-corrected chi connectivity index (χ1v) is 11.0. The van der Waals surface area contributed by atoms with Crippen molar-refractivity contribution in [2.45, 2.75) is 26.8 Å². The van der Waals surface area contributed by atoms with Gasteiger partial charge in [0.15, 0.2) is 0 Å². The lowest BCUT2D eigenvalue weighted by molar-refractivity contribution is 0.0949. The first kappa shape index (κ1) is 22.9. The normalized spacial score (nSPS) is 10.7.